The fourth-order valence-electron chi connectivity index (χ4n) is 4.53. The maximum Gasteiger partial charge on any atom is 0.165 e. The Labute approximate surface area is 185 Å². The summed E-state index contributed by atoms with van der Waals surface area (Å²) in [7, 11) is 0. The van der Waals surface area contributed by atoms with Gasteiger partial charge in [0, 0.05) is 23.5 Å². The van der Waals surface area contributed by atoms with Crippen LogP contribution in [0.1, 0.15) is 23.6 Å². The van der Waals surface area contributed by atoms with Gasteiger partial charge in [-0.2, -0.15) is 0 Å². The molecule has 0 saturated carbocycles. The van der Waals surface area contributed by atoms with Crippen molar-refractivity contribution in [2.75, 3.05) is 5.73 Å². The number of aromatic nitrogens is 4. The Balaban J connectivity index is 1.63. The first-order chi connectivity index (χ1) is 15.7. The van der Waals surface area contributed by atoms with E-state index in [-0.39, 0.29) is 6.04 Å². The minimum absolute atomic E-state index is 0.106. The van der Waals surface area contributed by atoms with Gasteiger partial charge in [-0.15, -0.1) is 0 Å². The number of aryl methyl sites for hydroxylation is 1. The number of nitrogen functional groups attached to an aromatic ring is 1. The topological polar surface area (TPSA) is 95.6 Å². The van der Waals surface area contributed by atoms with Crippen LogP contribution in [0.4, 0.5) is 5.82 Å². The Morgan fingerprint density at radius 2 is 1.78 bits per heavy atom. The van der Waals surface area contributed by atoms with E-state index >= 15 is 0 Å². The maximum atomic E-state index is 6.27. The molecule has 156 valence electrons. The smallest absolute Gasteiger partial charge is 0.165 e. The summed E-state index contributed by atoms with van der Waals surface area (Å²) in [5, 5.41) is 0. The van der Waals surface area contributed by atoms with Crippen molar-refractivity contribution >= 4 is 17.0 Å². The lowest BCUT2D eigenvalue weighted by molar-refractivity contribution is 0.713. The van der Waals surface area contributed by atoms with Crippen LogP contribution in [0.25, 0.3) is 39.5 Å². The van der Waals surface area contributed by atoms with E-state index in [1.807, 2.05) is 42.5 Å². The number of nitrogens with zero attached hydrogens (tertiary/aromatic N) is 4. The third-order valence-electron chi connectivity index (χ3n) is 6.16. The third kappa shape index (κ3) is 2.96. The average Bonchev–Trinajstić information content (AvgIpc) is 3.39. The van der Waals surface area contributed by atoms with E-state index in [1.165, 1.54) is 11.1 Å². The van der Waals surface area contributed by atoms with Crippen LogP contribution in [-0.4, -0.2) is 19.5 Å². The zero-order valence-corrected chi connectivity index (χ0v) is 17.4. The molecule has 0 amide bonds. The predicted octanol–water partition coefficient (Wildman–Crippen LogP) is 4.68. The van der Waals surface area contributed by atoms with E-state index < -0.39 is 0 Å². The molecule has 6 heteroatoms. The molecule has 32 heavy (non-hydrogen) atoms. The van der Waals surface area contributed by atoms with E-state index in [4.69, 9.17) is 21.4 Å². The zero-order valence-electron chi connectivity index (χ0n) is 17.4. The quantitative estimate of drug-likeness (QED) is 0.444. The number of hydrogen-bond donors (Lipinski definition) is 2. The van der Waals surface area contributed by atoms with Crippen molar-refractivity contribution < 1.29 is 0 Å². The Morgan fingerprint density at radius 3 is 2.62 bits per heavy atom. The molecule has 0 spiro atoms. The summed E-state index contributed by atoms with van der Waals surface area (Å²) < 4.78 is 2.08. The summed E-state index contributed by atoms with van der Waals surface area (Å²) in [5.41, 5.74) is 20.3. The number of nitrogens with two attached hydrogens (primary N) is 2. The molecule has 0 radical (unpaired) electrons. The van der Waals surface area contributed by atoms with Crippen molar-refractivity contribution in [3.63, 3.8) is 0 Å². The van der Waals surface area contributed by atoms with Gasteiger partial charge < -0.3 is 11.5 Å². The molecule has 1 aliphatic carbocycles. The van der Waals surface area contributed by atoms with Gasteiger partial charge in [0.15, 0.2) is 11.5 Å². The van der Waals surface area contributed by atoms with E-state index in [2.05, 4.69) is 39.9 Å². The van der Waals surface area contributed by atoms with Crippen LogP contribution < -0.4 is 11.5 Å². The molecule has 0 aliphatic heterocycles. The number of hydrogen-bond acceptors (Lipinski definition) is 5. The Hall–Kier alpha value is -4.03. The van der Waals surface area contributed by atoms with Gasteiger partial charge in [0.1, 0.15) is 11.3 Å². The van der Waals surface area contributed by atoms with Crippen molar-refractivity contribution in [1.29, 1.82) is 0 Å². The van der Waals surface area contributed by atoms with Gasteiger partial charge in [0.2, 0.25) is 0 Å². The summed E-state index contributed by atoms with van der Waals surface area (Å²) in [6.07, 6.45) is 3.64. The molecule has 1 aliphatic rings. The lowest BCUT2D eigenvalue weighted by Crippen LogP contribution is -2.06. The highest BCUT2D eigenvalue weighted by Crippen LogP contribution is 2.35. The molecule has 4 N–H and O–H groups in total. The van der Waals surface area contributed by atoms with Gasteiger partial charge in [-0.25, -0.2) is 15.0 Å². The summed E-state index contributed by atoms with van der Waals surface area (Å²) in [6, 6.07) is 24.5. The number of pyridine rings is 2. The molecule has 6 nitrogen and oxygen atoms in total. The van der Waals surface area contributed by atoms with E-state index in [9.17, 15) is 0 Å². The standard InChI is InChI=1S/C26H22N6/c27-21-11-8-17-15-18(9-10-19(17)21)32-25(20-7-4-14-29-24(20)28)31-23-13-12-22(30-26(23)32)16-5-2-1-3-6-16/h1-7,9-10,12-15,21H,8,11,27H2,(H2,28,29)/t21-/m1/s1. The minimum atomic E-state index is 0.106. The first kappa shape index (κ1) is 18.7. The highest BCUT2D eigenvalue weighted by molar-refractivity contribution is 5.84. The Bertz CT molecular complexity index is 1450. The van der Waals surface area contributed by atoms with Gasteiger partial charge in [0.25, 0.3) is 0 Å². The number of rotatable bonds is 3. The van der Waals surface area contributed by atoms with Crippen LogP contribution in [0.2, 0.25) is 0 Å². The summed E-state index contributed by atoms with van der Waals surface area (Å²) >= 11 is 0. The molecule has 0 saturated heterocycles. The fraction of sp³-hybridized carbons (Fsp3) is 0.115. The second-order valence-corrected chi connectivity index (χ2v) is 8.14. The molecule has 6 rings (SSSR count). The van der Waals surface area contributed by atoms with Crippen molar-refractivity contribution in [1.82, 2.24) is 19.5 Å². The van der Waals surface area contributed by atoms with Crippen molar-refractivity contribution in [2.24, 2.45) is 5.73 Å². The summed E-state index contributed by atoms with van der Waals surface area (Å²) in [6.45, 7) is 0. The van der Waals surface area contributed by atoms with Gasteiger partial charge in [-0.05, 0) is 60.4 Å². The molecule has 0 fully saturated rings. The van der Waals surface area contributed by atoms with E-state index in [0.717, 1.165) is 52.3 Å². The third-order valence-corrected chi connectivity index (χ3v) is 6.16. The van der Waals surface area contributed by atoms with Crippen LogP contribution in [0.5, 0.6) is 0 Å². The normalized spacial score (nSPS) is 15.2. The Kier molecular flexibility index (Phi) is 4.26. The highest BCUT2D eigenvalue weighted by atomic mass is 15.1. The summed E-state index contributed by atoms with van der Waals surface area (Å²) in [5.74, 6) is 1.17. The molecule has 0 bridgehead atoms. The molecular formula is C26H22N6. The largest absolute Gasteiger partial charge is 0.383 e. The lowest BCUT2D eigenvalue weighted by Gasteiger charge is -2.13. The first-order valence-corrected chi connectivity index (χ1v) is 10.7. The molecular weight excluding hydrogens is 396 g/mol. The number of fused-ring (bicyclic) bond motifs is 2. The molecule has 3 aromatic heterocycles. The van der Waals surface area contributed by atoms with Crippen LogP contribution >= 0.6 is 0 Å². The Morgan fingerprint density at radius 1 is 0.906 bits per heavy atom. The van der Waals surface area contributed by atoms with Gasteiger partial charge >= 0.3 is 0 Å². The van der Waals surface area contributed by atoms with Gasteiger partial charge in [-0.3, -0.25) is 4.57 Å². The second kappa shape index (κ2) is 7.28. The number of anilines is 1. The van der Waals surface area contributed by atoms with Crippen molar-refractivity contribution in [2.45, 2.75) is 18.9 Å². The maximum absolute atomic E-state index is 6.27. The van der Waals surface area contributed by atoms with Crippen LogP contribution in [0.15, 0.2) is 79.0 Å². The average molecular weight is 419 g/mol. The molecule has 0 unspecified atom stereocenters. The van der Waals surface area contributed by atoms with Gasteiger partial charge in [-0.1, -0.05) is 36.4 Å². The molecule has 1 atom stereocenters. The first-order valence-electron chi connectivity index (χ1n) is 10.7. The molecule has 3 heterocycles. The molecule has 2 aromatic carbocycles. The van der Waals surface area contributed by atoms with Gasteiger partial charge in [0.05, 0.1) is 11.3 Å². The van der Waals surface area contributed by atoms with E-state index in [0.29, 0.717) is 5.82 Å². The predicted molar refractivity (Wildman–Crippen MR) is 127 cm³/mol. The fourth-order valence-corrected chi connectivity index (χ4v) is 4.53. The minimum Gasteiger partial charge on any atom is -0.383 e. The van der Waals surface area contributed by atoms with Crippen LogP contribution in [0.3, 0.4) is 0 Å². The van der Waals surface area contributed by atoms with Crippen LogP contribution in [0, 0.1) is 0 Å². The van der Waals surface area contributed by atoms with Crippen molar-refractivity contribution in [3.05, 3.63) is 90.1 Å². The van der Waals surface area contributed by atoms with E-state index in [1.54, 1.807) is 6.20 Å². The molecule has 5 aromatic rings. The number of benzene rings is 2. The SMILES string of the molecule is Nc1ncccc1-c1nc2ccc(-c3ccccc3)nc2n1-c1ccc2c(c1)CC[C@H]2N. The lowest BCUT2D eigenvalue weighted by atomic mass is 10.1. The highest BCUT2D eigenvalue weighted by Gasteiger charge is 2.22. The monoisotopic (exact) mass is 418 g/mol. The number of imidazole rings is 1. The second-order valence-electron chi connectivity index (χ2n) is 8.14. The summed E-state index contributed by atoms with van der Waals surface area (Å²) in [4.78, 5) is 14.2. The van der Waals surface area contributed by atoms with Crippen molar-refractivity contribution in [3.8, 4) is 28.3 Å². The zero-order chi connectivity index (χ0) is 21.7. The van der Waals surface area contributed by atoms with Crippen LogP contribution in [-0.2, 0) is 6.42 Å².